The van der Waals surface area contributed by atoms with E-state index < -0.39 is 0 Å². The van der Waals surface area contributed by atoms with Crippen LogP contribution >= 0.6 is 0 Å². The van der Waals surface area contributed by atoms with E-state index in [4.69, 9.17) is 14.2 Å². The average Bonchev–Trinajstić information content (AvgIpc) is 3.02. The van der Waals surface area contributed by atoms with Gasteiger partial charge in [-0.25, -0.2) is 4.98 Å². The first-order valence-electron chi connectivity index (χ1n) is 7.97. The molecule has 3 rings (SSSR count). The molecule has 0 amide bonds. The zero-order valence-electron chi connectivity index (χ0n) is 13.7. The molecule has 0 bridgehead atoms. The van der Waals surface area contributed by atoms with Gasteiger partial charge in [0.25, 0.3) is 0 Å². The Labute approximate surface area is 136 Å². The summed E-state index contributed by atoms with van der Waals surface area (Å²) in [7, 11) is 3.27. The standard InChI is InChI=1S/C17H23N3O3/c1-21-14-6-5-12(8-15(14)22-2)9-16-18-17(20-19-16)10-13-4-3-7-23-11-13/h5-6,8,13H,3-4,7,9-11H2,1-2H3,(H,18,19,20)/t13-/m1/s1. The first-order valence-corrected chi connectivity index (χ1v) is 7.97. The van der Waals surface area contributed by atoms with Gasteiger partial charge in [0, 0.05) is 26.1 Å². The molecule has 6 heteroatoms. The third kappa shape index (κ3) is 4.01. The van der Waals surface area contributed by atoms with Gasteiger partial charge >= 0.3 is 0 Å². The zero-order valence-corrected chi connectivity index (χ0v) is 13.7. The van der Waals surface area contributed by atoms with Crippen LogP contribution in [0.4, 0.5) is 0 Å². The predicted molar refractivity (Wildman–Crippen MR) is 86.0 cm³/mol. The normalized spacial score (nSPS) is 17.9. The van der Waals surface area contributed by atoms with Gasteiger partial charge in [0.05, 0.1) is 14.2 Å². The van der Waals surface area contributed by atoms with Crippen LogP contribution in [0.15, 0.2) is 18.2 Å². The van der Waals surface area contributed by atoms with Crippen LogP contribution in [-0.2, 0) is 17.6 Å². The Hall–Kier alpha value is -2.08. The van der Waals surface area contributed by atoms with Crippen molar-refractivity contribution in [1.82, 2.24) is 15.2 Å². The van der Waals surface area contributed by atoms with Crippen LogP contribution < -0.4 is 9.47 Å². The van der Waals surface area contributed by atoms with Gasteiger partial charge < -0.3 is 14.2 Å². The van der Waals surface area contributed by atoms with Crippen molar-refractivity contribution < 1.29 is 14.2 Å². The highest BCUT2D eigenvalue weighted by Gasteiger charge is 2.17. The summed E-state index contributed by atoms with van der Waals surface area (Å²) in [6.45, 7) is 1.70. The lowest BCUT2D eigenvalue weighted by atomic mass is 9.98. The van der Waals surface area contributed by atoms with Crippen molar-refractivity contribution in [3.8, 4) is 11.5 Å². The zero-order chi connectivity index (χ0) is 16.1. The Morgan fingerprint density at radius 1 is 1.26 bits per heavy atom. The summed E-state index contributed by atoms with van der Waals surface area (Å²) in [4.78, 5) is 4.60. The molecule has 1 aliphatic heterocycles. The lowest BCUT2D eigenvalue weighted by Gasteiger charge is -2.20. The number of methoxy groups -OCH3 is 2. The maximum atomic E-state index is 5.51. The molecule has 1 aliphatic rings. The van der Waals surface area contributed by atoms with E-state index in [2.05, 4.69) is 15.2 Å². The molecule has 2 aromatic rings. The topological polar surface area (TPSA) is 69.3 Å². The third-order valence-corrected chi connectivity index (χ3v) is 4.12. The molecule has 0 radical (unpaired) electrons. The van der Waals surface area contributed by atoms with E-state index in [1.54, 1.807) is 14.2 Å². The molecule has 23 heavy (non-hydrogen) atoms. The molecule has 1 fully saturated rings. The fraction of sp³-hybridized carbons (Fsp3) is 0.529. The number of nitrogens with zero attached hydrogens (tertiary/aromatic N) is 2. The van der Waals surface area contributed by atoms with E-state index in [0.717, 1.165) is 54.8 Å². The second kappa shape index (κ2) is 7.46. The molecule has 0 saturated carbocycles. The van der Waals surface area contributed by atoms with Crippen molar-refractivity contribution >= 4 is 0 Å². The van der Waals surface area contributed by atoms with Gasteiger partial charge in [0.1, 0.15) is 5.82 Å². The van der Waals surface area contributed by atoms with Crippen molar-refractivity contribution in [1.29, 1.82) is 0 Å². The largest absolute Gasteiger partial charge is 0.493 e. The number of H-pyrrole nitrogens is 1. The summed E-state index contributed by atoms with van der Waals surface area (Å²) in [5.74, 6) is 3.73. The van der Waals surface area contributed by atoms with Gasteiger partial charge in [0.15, 0.2) is 17.3 Å². The fourth-order valence-electron chi connectivity index (χ4n) is 2.92. The highest BCUT2D eigenvalue weighted by molar-refractivity contribution is 5.43. The van der Waals surface area contributed by atoms with Crippen LogP contribution in [0.25, 0.3) is 0 Å². The highest BCUT2D eigenvalue weighted by Crippen LogP contribution is 2.28. The number of ether oxygens (including phenoxy) is 3. The monoisotopic (exact) mass is 317 g/mol. The van der Waals surface area contributed by atoms with E-state index >= 15 is 0 Å². The van der Waals surface area contributed by atoms with Gasteiger partial charge in [0.2, 0.25) is 0 Å². The minimum atomic E-state index is 0.536. The summed E-state index contributed by atoms with van der Waals surface area (Å²) >= 11 is 0. The Kier molecular flexibility index (Phi) is 5.12. The minimum Gasteiger partial charge on any atom is -0.493 e. The quantitative estimate of drug-likeness (QED) is 0.886. The number of aromatic amines is 1. The fourth-order valence-corrected chi connectivity index (χ4v) is 2.92. The summed E-state index contributed by atoms with van der Waals surface area (Å²) in [6.07, 6.45) is 3.89. The third-order valence-electron chi connectivity index (χ3n) is 4.12. The number of hydrogen-bond donors (Lipinski definition) is 1. The van der Waals surface area contributed by atoms with Gasteiger partial charge in [-0.05, 0) is 36.5 Å². The number of nitrogens with one attached hydrogen (secondary N) is 1. The van der Waals surface area contributed by atoms with Crippen LogP contribution in [0.5, 0.6) is 11.5 Å². The Bertz CT molecular complexity index is 636. The van der Waals surface area contributed by atoms with Crippen LogP contribution in [0.2, 0.25) is 0 Å². The average molecular weight is 317 g/mol. The van der Waals surface area contributed by atoms with E-state index in [-0.39, 0.29) is 0 Å². The molecular formula is C17H23N3O3. The summed E-state index contributed by atoms with van der Waals surface area (Å²) < 4.78 is 16.1. The van der Waals surface area contributed by atoms with Gasteiger partial charge in [-0.3, -0.25) is 5.10 Å². The number of benzene rings is 1. The Morgan fingerprint density at radius 3 is 2.87 bits per heavy atom. The predicted octanol–water partition coefficient (Wildman–Crippen LogP) is 2.38. The summed E-state index contributed by atoms with van der Waals surface area (Å²) in [6, 6.07) is 5.89. The van der Waals surface area contributed by atoms with Crippen molar-refractivity contribution in [3.05, 3.63) is 35.4 Å². The highest BCUT2D eigenvalue weighted by atomic mass is 16.5. The Morgan fingerprint density at radius 2 is 2.13 bits per heavy atom. The molecule has 0 spiro atoms. The molecular weight excluding hydrogens is 294 g/mol. The number of hydrogen-bond acceptors (Lipinski definition) is 5. The van der Waals surface area contributed by atoms with Crippen LogP contribution in [0, 0.1) is 5.92 Å². The molecule has 1 aromatic heterocycles. The maximum Gasteiger partial charge on any atom is 0.161 e. The van der Waals surface area contributed by atoms with Crippen molar-refractivity contribution in [3.63, 3.8) is 0 Å². The molecule has 6 nitrogen and oxygen atoms in total. The van der Waals surface area contributed by atoms with E-state index in [9.17, 15) is 0 Å². The molecule has 0 unspecified atom stereocenters. The molecule has 0 aliphatic carbocycles. The van der Waals surface area contributed by atoms with E-state index in [1.165, 1.54) is 6.42 Å². The lowest BCUT2D eigenvalue weighted by Crippen LogP contribution is -2.19. The molecule has 124 valence electrons. The van der Waals surface area contributed by atoms with Crippen LogP contribution in [-0.4, -0.2) is 42.6 Å². The van der Waals surface area contributed by atoms with Gasteiger partial charge in [-0.15, -0.1) is 0 Å². The maximum absolute atomic E-state index is 5.51. The van der Waals surface area contributed by atoms with Crippen molar-refractivity contribution in [2.45, 2.75) is 25.7 Å². The summed E-state index contributed by atoms with van der Waals surface area (Å²) in [5, 5.41) is 7.37. The summed E-state index contributed by atoms with van der Waals surface area (Å²) in [5.41, 5.74) is 1.10. The molecule has 1 atom stereocenters. The molecule has 2 heterocycles. The van der Waals surface area contributed by atoms with Crippen LogP contribution in [0.1, 0.15) is 30.1 Å². The number of rotatable bonds is 6. The SMILES string of the molecule is COc1ccc(Cc2nc(C[C@H]3CCCOC3)n[nH]2)cc1OC. The first-order chi connectivity index (χ1) is 11.3. The molecule has 1 saturated heterocycles. The number of aromatic nitrogens is 3. The smallest absolute Gasteiger partial charge is 0.161 e. The second-order valence-corrected chi connectivity index (χ2v) is 5.85. The van der Waals surface area contributed by atoms with Crippen molar-refractivity contribution in [2.24, 2.45) is 5.92 Å². The first kappa shape index (κ1) is 15.8. The second-order valence-electron chi connectivity index (χ2n) is 5.85. The molecule has 1 N–H and O–H groups in total. The van der Waals surface area contributed by atoms with E-state index in [1.807, 2.05) is 18.2 Å². The van der Waals surface area contributed by atoms with E-state index in [0.29, 0.717) is 12.3 Å². The van der Waals surface area contributed by atoms with Crippen molar-refractivity contribution in [2.75, 3.05) is 27.4 Å². The lowest BCUT2D eigenvalue weighted by molar-refractivity contribution is 0.0543. The molecule has 1 aromatic carbocycles. The van der Waals surface area contributed by atoms with Gasteiger partial charge in [-0.2, -0.15) is 5.10 Å². The minimum absolute atomic E-state index is 0.536. The van der Waals surface area contributed by atoms with Crippen LogP contribution in [0.3, 0.4) is 0 Å². The van der Waals surface area contributed by atoms with Gasteiger partial charge in [-0.1, -0.05) is 6.07 Å². The Balaban J connectivity index is 1.64.